The Labute approximate surface area is 88.5 Å². The molecule has 0 heterocycles. The van der Waals surface area contributed by atoms with Gasteiger partial charge in [-0.15, -0.1) is 0 Å². The smallest absolute Gasteiger partial charge is 0.102 e. The predicted octanol–water partition coefficient (Wildman–Crippen LogP) is 3.29. The van der Waals surface area contributed by atoms with Crippen LogP contribution >= 0.6 is 15.9 Å². The molecule has 72 valence electrons. The summed E-state index contributed by atoms with van der Waals surface area (Å²) in [6.45, 7) is 9.51. The van der Waals surface area contributed by atoms with E-state index in [4.69, 9.17) is 5.26 Å². The van der Waals surface area contributed by atoms with Crippen LogP contribution in [0.5, 0.6) is 0 Å². The van der Waals surface area contributed by atoms with Crippen molar-refractivity contribution in [2.75, 3.05) is 0 Å². The maximum absolute atomic E-state index is 8.94. The van der Waals surface area contributed by atoms with E-state index in [1.807, 2.05) is 20.8 Å². The molecule has 0 aromatic rings. The maximum atomic E-state index is 8.94. The highest BCUT2D eigenvalue weighted by Gasteiger charge is 2.27. The van der Waals surface area contributed by atoms with Crippen molar-refractivity contribution >= 4 is 22.1 Å². The molecule has 2 nitrogen and oxygen atoms in total. The van der Waals surface area contributed by atoms with Crippen LogP contribution in [-0.2, 0) is 0 Å². The lowest BCUT2D eigenvalue weighted by Crippen LogP contribution is -2.25. The van der Waals surface area contributed by atoms with Gasteiger partial charge in [0.2, 0.25) is 0 Å². The van der Waals surface area contributed by atoms with Gasteiger partial charge in [-0.05, 0) is 13.3 Å². The molecule has 0 aliphatic heterocycles. The van der Waals surface area contributed by atoms with E-state index in [0.29, 0.717) is 0 Å². The predicted molar refractivity (Wildman–Crippen MR) is 60.0 cm³/mol. The molecule has 0 radical (unpaired) electrons. The minimum atomic E-state index is -0.557. The Morgan fingerprint density at radius 2 is 2.38 bits per heavy atom. The Balaban J connectivity index is 4.56. The van der Waals surface area contributed by atoms with Gasteiger partial charge in [0.05, 0.1) is 6.07 Å². The standard InChI is InChI=1S/C10H15BrN2/c1-5-8(2)13-7-10(4,6-12)9(3)11/h7,9H,2,5H2,1,3-4H3/t9-,10?/m1/s1. The van der Waals surface area contributed by atoms with Crippen molar-refractivity contribution in [2.45, 2.75) is 32.0 Å². The van der Waals surface area contributed by atoms with E-state index in [9.17, 15) is 0 Å². The number of halogens is 1. The number of nitrogens with zero attached hydrogens (tertiary/aromatic N) is 2. The second-order valence-electron chi connectivity index (χ2n) is 3.19. The molecule has 0 N–H and O–H groups in total. The second kappa shape index (κ2) is 5.18. The lowest BCUT2D eigenvalue weighted by molar-refractivity contribution is 0.626. The zero-order valence-corrected chi connectivity index (χ0v) is 9.93. The van der Waals surface area contributed by atoms with E-state index in [-0.39, 0.29) is 4.83 Å². The number of alkyl halides is 1. The average Bonchev–Trinajstić information content (AvgIpc) is 2.13. The van der Waals surface area contributed by atoms with Crippen LogP contribution in [0.4, 0.5) is 0 Å². The highest BCUT2D eigenvalue weighted by atomic mass is 79.9. The van der Waals surface area contributed by atoms with Crippen LogP contribution < -0.4 is 0 Å². The normalized spacial score (nSPS) is 17.8. The van der Waals surface area contributed by atoms with Gasteiger partial charge in [0, 0.05) is 16.7 Å². The fourth-order valence-electron chi connectivity index (χ4n) is 0.537. The summed E-state index contributed by atoms with van der Waals surface area (Å²) in [7, 11) is 0. The molecule has 0 bridgehead atoms. The molecule has 0 rings (SSSR count). The fourth-order valence-corrected chi connectivity index (χ4v) is 0.758. The third-order valence-corrected chi connectivity index (χ3v) is 2.94. The van der Waals surface area contributed by atoms with Gasteiger partial charge >= 0.3 is 0 Å². The van der Waals surface area contributed by atoms with Crippen LogP contribution in [0.2, 0.25) is 0 Å². The van der Waals surface area contributed by atoms with E-state index in [2.05, 4.69) is 33.6 Å². The van der Waals surface area contributed by atoms with E-state index in [1.54, 1.807) is 6.21 Å². The molecule has 2 atom stereocenters. The number of nitriles is 1. The molecule has 0 amide bonds. The van der Waals surface area contributed by atoms with E-state index < -0.39 is 5.41 Å². The van der Waals surface area contributed by atoms with Crippen molar-refractivity contribution < 1.29 is 0 Å². The van der Waals surface area contributed by atoms with Crippen molar-refractivity contribution in [3.05, 3.63) is 12.3 Å². The second-order valence-corrected chi connectivity index (χ2v) is 4.56. The van der Waals surface area contributed by atoms with Crippen LogP contribution in [0.15, 0.2) is 17.3 Å². The van der Waals surface area contributed by atoms with Gasteiger partial charge in [0.25, 0.3) is 0 Å². The number of hydrogen-bond acceptors (Lipinski definition) is 2. The zero-order valence-electron chi connectivity index (χ0n) is 8.34. The molecule has 1 unspecified atom stereocenters. The molecule has 0 spiro atoms. The quantitative estimate of drug-likeness (QED) is 0.551. The van der Waals surface area contributed by atoms with Crippen molar-refractivity contribution in [1.82, 2.24) is 0 Å². The van der Waals surface area contributed by atoms with E-state index >= 15 is 0 Å². The highest BCUT2D eigenvalue weighted by Crippen LogP contribution is 2.24. The highest BCUT2D eigenvalue weighted by molar-refractivity contribution is 9.09. The summed E-state index contributed by atoms with van der Waals surface area (Å²) < 4.78 is 0. The topological polar surface area (TPSA) is 36.1 Å². The lowest BCUT2D eigenvalue weighted by atomic mass is 9.91. The molecule has 0 aromatic heterocycles. The van der Waals surface area contributed by atoms with Crippen molar-refractivity contribution in [1.29, 1.82) is 5.26 Å². The molecule has 0 saturated heterocycles. The molecule has 0 fully saturated rings. The first-order valence-corrected chi connectivity index (χ1v) is 5.16. The average molecular weight is 243 g/mol. The Kier molecular flexibility index (Phi) is 4.94. The number of rotatable bonds is 4. The number of hydrogen-bond donors (Lipinski definition) is 0. The minimum absolute atomic E-state index is 0.0819. The minimum Gasteiger partial charge on any atom is -0.265 e. The van der Waals surface area contributed by atoms with Crippen molar-refractivity contribution in [2.24, 2.45) is 10.4 Å². The van der Waals surface area contributed by atoms with Gasteiger partial charge in [-0.2, -0.15) is 5.26 Å². The summed E-state index contributed by atoms with van der Waals surface area (Å²) in [6, 6.07) is 2.22. The summed E-state index contributed by atoms with van der Waals surface area (Å²) in [5, 5.41) is 8.94. The molecule has 0 aromatic carbocycles. The molecule has 3 heteroatoms. The van der Waals surface area contributed by atoms with Crippen LogP contribution in [0.3, 0.4) is 0 Å². The zero-order chi connectivity index (χ0) is 10.5. The third-order valence-electron chi connectivity index (χ3n) is 1.99. The van der Waals surface area contributed by atoms with Crippen LogP contribution in [0.25, 0.3) is 0 Å². The van der Waals surface area contributed by atoms with Gasteiger partial charge in [0.1, 0.15) is 5.41 Å². The monoisotopic (exact) mass is 242 g/mol. The van der Waals surface area contributed by atoms with Gasteiger partial charge in [-0.25, -0.2) is 0 Å². The molecular formula is C10H15BrN2. The van der Waals surface area contributed by atoms with Gasteiger partial charge < -0.3 is 0 Å². The number of aliphatic imine (C=N–C) groups is 1. The Hall–Kier alpha value is -0.620. The molecule has 13 heavy (non-hydrogen) atoms. The molecule has 0 aliphatic rings. The van der Waals surface area contributed by atoms with Gasteiger partial charge in [-0.1, -0.05) is 36.4 Å². The van der Waals surface area contributed by atoms with Crippen molar-refractivity contribution in [3.63, 3.8) is 0 Å². The Morgan fingerprint density at radius 3 is 2.69 bits per heavy atom. The largest absolute Gasteiger partial charge is 0.265 e. The van der Waals surface area contributed by atoms with Crippen LogP contribution in [0, 0.1) is 16.7 Å². The first-order chi connectivity index (χ1) is 5.96. The lowest BCUT2D eigenvalue weighted by Gasteiger charge is -2.18. The molecular weight excluding hydrogens is 228 g/mol. The summed E-state index contributed by atoms with van der Waals surface area (Å²) in [5.41, 5.74) is 0.243. The summed E-state index contributed by atoms with van der Waals surface area (Å²) in [6.07, 6.45) is 2.48. The van der Waals surface area contributed by atoms with Gasteiger partial charge in [0.15, 0.2) is 0 Å². The summed E-state index contributed by atoms with van der Waals surface area (Å²) in [4.78, 5) is 4.22. The summed E-state index contributed by atoms with van der Waals surface area (Å²) in [5.74, 6) is 0. The van der Waals surface area contributed by atoms with E-state index in [1.165, 1.54) is 0 Å². The van der Waals surface area contributed by atoms with E-state index in [0.717, 1.165) is 12.1 Å². The summed E-state index contributed by atoms with van der Waals surface area (Å²) >= 11 is 3.39. The maximum Gasteiger partial charge on any atom is 0.102 e. The first-order valence-electron chi connectivity index (χ1n) is 4.24. The number of allylic oxidation sites excluding steroid dienone is 1. The Morgan fingerprint density at radius 1 is 1.85 bits per heavy atom. The molecule has 0 saturated carbocycles. The Bertz CT molecular complexity index is 250. The van der Waals surface area contributed by atoms with Crippen molar-refractivity contribution in [3.8, 4) is 6.07 Å². The van der Waals surface area contributed by atoms with Crippen LogP contribution in [0.1, 0.15) is 27.2 Å². The van der Waals surface area contributed by atoms with Gasteiger partial charge in [-0.3, -0.25) is 4.99 Å². The first kappa shape index (κ1) is 12.4. The fraction of sp³-hybridized carbons (Fsp3) is 0.600. The third kappa shape index (κ3) is 3.73. The van der Waals surface area contributed by atoms with Crippen LogP contribution in [-0.4, -0.2) is 11.0 Å². The molecule has 0 aliphatic carbocycles. The SMILES string of the molecule is C=C(CC)N=CC(C)(C#N)[C@@H](C)Br.